The number of urea groups is 1. The number of aromatic nitrogens is 1. The van der Waals surface area contributed by atoms with Crippen LogP contribution < -0.4 is 5.32 Å². The molecule has 2 aliphatic rings. The van der Waals surface area contributed by atoms with Crippen LogP contribution in [0.15, 0.2) is 12.1 Å². The van der Waals surface area contributed by atoms with Crippen molar-refractivity contribution in [1.29, 1.82) is 0 Å². The Labute approximate surface area is 179 Å². The number of aryl methyl sites for hydroxylation is 1. The number of fused-ring (bicyclic) bond motifs is 2. The maximum atomic E-state index is 12.7. The third kappa shape index (κ3) is 3.41. The Balaban J connectivity index is 1.70. The van der Waals surface area contributed by atoms with Crippen molar-refractivity contribution in [2.24, 2.45) is 0 Å². The zero-order valence-corrected chi connectivity index (χ0v) is 18.6. The number of aldehydes is 1. The minimum absolute atomic E-state index is 0.0373. The molecule has 1 aromatic heterocycles. The Morgan fingerprint density at radius 3 is 2.73 bits per heavy atom. The number of amides is 2. The molecule has 4 rings (SSSR count). The summed E-state index contributed by atoms with van der Waals surface area (Å²) in [4.78, 5) is 32.2. The molecule has 3 atom stereocenters. The molecular formula is C24H34N4O2. The summed E-state index contributed by atoms with van der Waals surface area (Å²) in [6.45, 7) is 11.8. The summed E-state index contributed by atoms with van der Waals surface area (Å²) in [5.41, 5.74) is 5.57. The van der Waals surface area contributed by atoms with E-state index in [4.69, 9.17) is 0 Å². The first-order valence-corrected chi connectivity index (χ1v) is 11.4. The van der Waals surface area contributed by atoms with Crippen LogP contribution in [0.3, 0.4) is 0 Å². The molecule has 2 N–H and O–H groups in total. The summed E-state index contributed by atoms with van der Waals surface area (Å²) < 4.78 is 0. The van der Waals surface area contributed by atoms with E-state index in [2.05, 4.69) is 35.1 Å². The van der Waals surface area contributed by atoms with Gasteiger partial charge in [-0.25, -0.2) is 4.79 Å². The predicted molar refractivity (Wildman–Crippen MR) is 120 cm³/mol. The van der Waals surface area contributed by atoms with Gasteiger partial charge in [0, 0.05) is 54.3 Å². The van der Waals surface area contributed by atoms with Gasteiger partial charge in [0.15, 0.2) is 6.29 Å². The number of carbonyl (C=O) groups is 2. The molecule has 2 heterocycles. The van der Waals surface area contributed by atoms with Crippen molar-refractivity contribution in [3.8, 4) is 0 Å². The molecule has 1 aliphatic heterocycles. The van der Waals surface area contributed by atoms with E-state index in [9.17, 15) is 9.59 Å². The highest BCUT2D eigenvalue weighted by Gasteiger charge is 2.41. The van der Waals surface area contributed by atoms with Crippen molar-refractivity contribution >= 4 is 23.2 Å². The van der Waals surface area contributed by atoms with Crippen molar-refractivity contribution < 1.29 is 9.59 Å². The van der Waals surface area contributed by atoms with Gasteiger partial charge in [0.05, 0.1) is 5.52 Å². The fourth-order valence-electron chi connectivity index (χ4n) is 5.66. The van der Waals surface area contributed by atoms with Crippen LogP contribution in [-0.2, 0) is 6.42 Å². The quantitative estimate of drug-likeness (QED) is 0.711. The molecule has 1 unspecified atom stereocenters. The average molecular weight is 411 g/mol. The zero-order valence-electron chi connectivity index (χ0n) is 18.6. The van der Waals surface area contributed by atoms with Crippen LogP contribution in [0, 0.1) is 6.92 Å². The largest absolute Gasteiger partial charge is 0.358 e. The number of hydrogen-bond acceptors (Lipinski definition) is 3. The molecule has 0 saturated carbocycles. The van der Waals surface area contributed by atoms with Crippen molar-refractivity contribution in [2.45, 2.75) is 65.0 Å². The molecule has 1 aliphatic carbocycles. The standard InChI is InChI=1S/C24H34N4O2/c1-5-10-28-13-17(26-24(30)27(6-2)7-3)11-20-18-9-8-16(14-29)23-22(18)19(12-21(20)28)15(4)25-23/h8-9,14,17,20-21,25H,5-7,10-13H2,1-4H3,(H,26,30)/t17?,20-,21-/m1/s1. The molecule has 1 saturated heterocycles. The normalized spacial score (nSPS) is 23.3. The molecule has 6 nitrogen and oxygen atoms in total. The summed E-state index contributed by atoms with van der Waals surface area (Å²) in [5, 5.41) is 4.55. The summed E-state index contributed by atoms with van der Waals surface area (Å²) in [7, 11) is 0. The van der Waals surface area contributed by atoms with Crippen molar-refractivity contribution in [2.75, 3.05) is 26.2 Å². The van der Waals surface area contributed by atoms with Crippen LogP contribution in [0.4, 0.5) is 4.79 Å². The van der Waals surface area contributed by atoms with Crippen LogP contribution in [0.5, 0.6) is 0 Å². The third-order valence-electron chi connectivity index (χ3n) is 7.09. The van der Waals surface area contributed by atoms with E-state index in [0.29, 0.717) is 12.0 Å². The van der Waals surface area contributed by atoms with Crippen LogP contribution in [-0.4, -0.2) is 65.4 Å². The lowest BCUT2D eigenvalue weighted by Crippen LogP contribution is -2.57. The number of nitrogens with one attached hydrogen (secondary N) is 2. The fourth-order valence-corrected chi connectivity index (χ4v) is 5.66. The van der Waals surface area contributed by atoms with Gasteiger partial charge < -0.3 is 15.2 Å². The van der Waals surface area contributed by atoms with Gasteiger partial charge in [-0.2, -0.15) is 0 Å². The van der Waals surface area contributed by atoms with Gasteiger partial charge in [-0.3, -0.25) is 9.69 Å². The lowest BCUT2D eigenvalue weighted by molar-refractivity contribution is 0.0978. The van der Waals surface area contributed by atoms with Crippen molar-refractivity contribution in [3.05, 3.63) is 34.5 Å². The van der Waals surface area contributed by atoms with E-state index >= 15 is 0 Å². The van der Waals surface area contributed by atoms with E-state index in [1.807, 2.05) is 24.8 Å². The van der Waals surface area contributed by atoms with Crippen molar-refractivity contribution in [1.82, 2.24) is 20.1 Å². The van der Waals surface area contributed by atoms with Crippen LogP contribution in [0.25, 0.3) is 10.9 Å². The highest BCUT2D eigenvalue weighted by Crippen LogP contribution is 2.45. The molecular weight excluding hydrogens is 376 g/mol. The maximum absolute atomic E-state index is 12.7. The molecule has 1 aromatic carbocycles. The smallest absolute Gasteiger partial charge is 0.317 e. The third-order valence-corrected chi connectivity index (χ3v) is 7.09. The molecule has 30 heavy (non-hydrogen) atoms. The van der Waals surface area contributed by atoms with E-state index in [0.717, 1.165) is 62.8 Å². The van der Waals surface area contributed by atoms with Gasteiger partial charge in [0.25, 0.3) is 0 Å². The Morgan fingerprint density at radius 1 is 1.30 bits per heavy atom. The van der Waals surface area contributed by atoms with Gasteiger partial charge in [-0.15, -0.1) is 0 Å². The number of rotatable bonds is 6. The van der Waals surface area contributed by atoms with Crippen LogP contribution in [0.1, 0.15) is 66.7 Å². The molecule has 0 spiro atoms. The highest BCUT2D eigenvalue weighted by molar-refractivity contribution is 6.00. The van der Waals surface area contributed by atoms with Gasteiger partial charge >= 0.3 is 6.03 Å². The van der Waals surface area contributed by atoms with Crippen LogP contribution in [0.2, 0.25) is 0 Å². The lowest BCUT2D eigenvalue weighted by Gasteiger charge is -2.47. The summed E-state index contributed by atoms with van der Waals surface area (Å²) in [6.07, 6.45) is 3.99. The maximum Gasteiger partial charge on any atom is 0.317 e. The SMILES string of the molecule is CCCN1CC(NC(=O)N(CC)CC)C[C@@H]2c3ccc(C=O)c4[nH]c(C)c(c34)C[C@H]21. The van der Waals surface area contributed by atoms with E-state index in [-0.39, 0.29) is 12.1 Å². The van der Waals surface area contributed by atoms with Gasteiger partial charge in [-0.1, -0.05) is 13.0 Å². The molecule has 162 valence electrons. The number of H-pyrrole nitrogens is 1. The van der Waals surface area contributed by atoms with E-state index in [1.54, 1.807) is 0 Å². The van der Waals surface area contributed by atoms with Gasteiger partial charge in [0.2, 0.25) is 0 Å². The minimum atomic E-state index is 0.0373. The topological polar surface area (TPSA) is 68.4 Å². The molecule has 1 fully saturated rings. The summed E-state index contributed by atoms with van der Waals surface area (Å²) in [5.74, 6) is 0.359. The first-order chi connectivity index (χ1) is 14.5. The number of likely N-dealkylation sites (tertiary alicyclic amines) is 1. The zero-order chi connectivity index (χ0) is 21.4. The van der Waals surface area contributed by atoms with E-state index < -0.39 is 0 Å². The second-order valence-electron chi connectivity index (χ2n) is 8.77. The monoisotopic (exact) mass is 410 g/mol. The summed E-state index contributed by atoms with van der Waals surface area (Å²) >= 11 is 0. The van der Waals surface area contributed by atoms with Gasteiger partial charge in [0.1, 0.15) is 0 Å². The number of aromatic amines is 1. The number of carbonyl (C=O) groups excluding carboxylic acids is 2. The second-order valence-corrected chi connectivity index (χ2v) is 8.77. The molecule has 2 aromatic rings. The Kier molecular flexibility index (Phi) is 5.87. The first-order valence-electron chi connectivity index (χ1n) is 11.4. The Bertz CT molecular complexity index is 946. The molecule has 0 radical (unpaired) electrons. The Morgan fingerprint density at radius 2 is 2.07 bits per heavy atom. The highest BCUT2D eigenvalue weighted by atomic mass is 16.2. The molecule has 2 amide bonds. The molecule has 6 heteroatoms. The van der Waals surface area contributed by atoms with Gasteiger partial charge in [-0.05, 0) is 63.8 Å². The fraction of sp³-hybridized carbons (Fsp3) is 0.583. The average Bonchev–Trinajstić information content (AvgIpc) is 3.07. The lowest BCUT2D eigenvalue weighted by atomic mass is 9.73. The predicted octanol–water partition coefficient (Wildman–Crippen LogP) is 3.83. The van der Waals surface area contributed by atoms with Crippen molar-refractivity contribution in [3.63, 3.8) is 0 Å². The molecule has 0 bridgehead atoms. The summed E-state index contributed by atoms with van der Waals surface area (Å²) in [6, 6.07) is 4.72. The minimum Gasteiger partial charge on any atom is -0.358 e. The second kappa shape index (κ2) is 8.42. The number of hydrogen-bond donors (Lipinski definition) is 2. The number of benzene rings is 1. The number of nitrogens with zero attached hydrogens (tertiary/aromatic N) is 2. The van der Waals surface area contributed by atoms with Crippen LogP contribution >= 0.6 is 0 Å². The number of piperidine rings is 1. The Hall–Kier alpha value is -2.34. The van der Waals surface area contributed by atoms with E-state index in [1.165, 1.54) is 22.2 Å². The first kappa shape index (κ1) is 20.9.